The topological polar surface area (TPSA) is 95.7 Å². The van der Waals surface area contributed by atoms with Crippen LogP contribution in [0.3, 0.4) is 0 Å². The van der Waals surface area contributed by atoms with Crippen LogP contribution in [0.2, 0.25) is 5.02 Å². The number of hydrogen-bond acceptors (Lipinski definition) is 6. The van der Waals surface area contributed by atoms with E-state index in [1.165, 1.54) is 22.4 Å². The lowest BCUT2D eigenvalue weighted by atomic mass is 10.0. The van der Waals surface area contributed by atoms with Crippen molar-refractivity contribution >= 4 is 28.7 Å². The fourth-order valence-electron chi connectivity index (χ4n) is 4.33. The number of ether oxygens (including phenoxy) is 2. The second kappa shape index (κ2) is 7.98. The zero-order valence-corrected chi connectivity index (χ0v) is 18.2. The Morgan fingerprint density at radius 1 is 1.06 bits per heavy atom. The molecule has 3 aromatic rings. The molecular formula is C22H21ClN4O5. The molecule has 1 saturated heterocycles. The maximum absolute atomic E-state index is 13.0. The molecule has 0 saturated carbocycles. The second-order valence-corrected chi connectivity index (χ2v) is 8.35. The lowest BCUT2D eigenvalue weighted by Crippen LogP contribution is -2.46. The van der Waals surface area contributed by atoms with E-state index in [1.807, 2.05) is 0 Å². The van der Waals surface area contributed by atoms with Gasteiger partial charge in [0.05, 0.1) is 10.5 Å². The number of likely N-dealkylation sites (tertiary alicyclic amines) is 1. The summed E-state index contributed by atoms with van der Waals surface area (Å²) in [6.45, 7) is 1.85. The molecule has 166 valence electrons. The quantitative estimate of drug-likeness (QED) is 0.547. The van der Waals surface area contributed by atoms with Gasteiger partial charge in [0.15, 0.2) is 17.1 Å². The molecule has 0 radical (unpaired) electrons. The van der Waals surface area contributed by atoms with Crippen molar-refractivity contribution in [2.24, 2.45) is 7.05 Å². The Morgan fingerprint density at radius 2 is 1.78 bits per heavy atom. The summed E-state index contributed by atoms with van der Waals surface area (Å²) in [5, 5.41) is 0.387. The molecule has 0 bridgehead atoms. The van der Waals surface area contributed by atoms with Crippen LogP contribution in [0.25, 0.3) is 11.2 Å². The highest BCUT2D eigenvalue weighted by atomic mass is 35.5. The molecule has 0 N–H and O–H groups in total. The molecule has 32 heavy (non-hydrogen) atoms. The highest BCUT2D eigenvalue weighted by molar-refractivity contribution is 6.31. The van der Waals surface area contributed by atoms with Crippen LogP contribution in [0.1, 0.15) is 29.2 Å². The van der Waals surface area contributed by atoms with E-state index in [0.29, 0.717) is 72.4 Å². The fraction of sp³-hybridized carbons (Fsp3) is 0.364. The Hall–Kier alpha value is -3.33. The van der Waals surface area contributed by atoms with Crippen LogP contribution in [-0.2, 0) is 7.05 Å². The number of rotatable bonds is 2. The largest absolute Gasteiger partial charge is 0.486 e. The summed E-state index contributed by atoms with van der Waals surface area (Å²) in [6.07, 6.45) is 2.52. The third-order valence-electron chi connectivity index (χ3n) is 6.02. The van der Waals surface area contributed by atoms with Gasteiger partial charge in [-0.1, -0.05) is 11.6 Å². The summed E-state index contributed by atoms with van der Waals surface area (Å²) in [6, 6.07) is 6.57. The highest BCUT2D eigenvalue weighted by Crippen LogP contribution is 2.32. The lowest BCUT2D eigenvalue weighted by molar-refractivity contribution is 0.0693. The number of aryl methyl sites for hydroxylation is 1. The summed E-state index contributed by atoms with van der Waals surface area (Å²) in [5.41, 5.74) is 0.193. The van der Waals surface area contributed by atoms with Crippen LogP contribution in [0.15, 0.2) is 40.1 Å². The van der Waals surface area contributed by atoms with Crippen LogP contribution in [0.5, 0.6) is 11.5 Å². The number of halogens is 1. The molecule has 2 aromatic heterocycles. The van der Waals surface area contributed by atoms with Crippen molar-refractivity contribution in [1.29, 1.82) is 0 Å². The molecule has 0 atom stereocenters. The number of fused-ring (bicyclic) bond motifs is 2. The van der Waals surface area contributed by atoms with Gasteiger partial charge in [0.1, 0.15) is 13.2 Å². The molecule has 1 aromatic carbocycles. The summed E-state index contributed by atoms with van der Waals surface area (Å²) >= 11 is 6.05. The van der Waals surface area contributed by atoms with E-state index >= 15 is 0 Å². The Kier molecular flexibility index (Phi) is 5.13. The third kappa shape index (κ3) is 3.42. The van der Waals surface area contributed by atoms with E-state index in [-0.39, 0.29) is 11.9 Å². The molecule has 9 nitrogen and oxygen atoms in total. The predicted octanol–water partition coefficient (Wildman–Crippen LogP) is 2.00. The van der Waals surface area contributed by atoms with E-state index in [4.69, 9.17) is 21.1 Å². The molecule has 1 amide bonds. The highest BCUT2D eigenvalue weighted by Gasteiger charge is 2.28. The molecule has 10 heteroatoms. The van der Waals surface area contributed by atoms with E-state index < -0.39 is 11.1 Å². The maximum Gasteiger partial charge on any atom is 0.318 e. The van der Waals surface area contributed by atoms with Crippen molar-refractivity contribution in [3.8, 4) is 11.5 Å². The summed E-state index contributed by atoms with van der Waals surface area (Å²) in [5.74, 6) is 1.10. The molecular weight excluding hydrogens is 436 g/mol. The van der Waals surface area contributed by atoms with Crippen molar-refractivity contribution in [2.75, 3.05) is 26.3 Å². The standard InChI is InChI=1S/C22H21ClN4O5/c1-25-16-11-14(23)12-24-19(16)27(22(30)21(25)29)15-4-6-26(7-5-15)20(28)13-2-3-17-18(10-13)32-9-8-31-17/h2-3,10-12,15H,4-9H2,1H3. The minimum atomic E-state index is -0.628. The maximum atomic E-state index is 13.0. The van der Waals surface area contributed by atoms with Gasteiger partial charge < -0.3 is 18.9 Å². The first-order valence-corrected chi connectivity index (χ1v) is 10.8. The minimum Gasteiger partial charge on any atom is -0.486 e. The van der Waals surface area contributed by atoms with Crippen LogP contribution >= 0.6 is 11.6 Å². The first-order chi connectivity index (χ1) is 15.4. The van der Waals surface area contributed by atoms with Crippen LogP contribution < -0.4 is 20.6 Å². The molecule has 0 spiro atoms. The zero-order chi connectivity index (χ0) is 22.4. The molecule has 0 aliphatic carbocycles. The predicted molar refractivity (Wildman–Crippen MR) is 118 cm³/mol. The number of carbonyl (C=O) groups is 1. The molecule has 5 rings (SSSR count). The zero-order valence-electron chi connectivity index (χ0n) is 17.4. The van der Waals surface area contributed by atoms with Gasteiger partial charge in [-0.15, -0.1) is 0 Å². The van der Waals surface area contributed by atoms with E-state index in [2.05, 4.69) is 4.98 Å². The average molecular weight is 457 g/mol. The van der Waals surface area contributed by atoms with Crippen molar-refractivity contribution in [3.63, 3.8) is 0 Å². The summed E-state index contributed by atoms with van der Waals surface area (Å²) in [7, 11) is 1.53. The molecule has 1 fully saturated rings. The van der Waals surface area contributed by atoms with Gasteiger partial charge in [0.25, 0.3) is 5.91 Å². The normalized spacial score (nSPS) is 16.4. The fourth-order valence-corrected chi connectivity index (χ4v) is 4.48. The molecule has 2 aliphatic rings. The van der Waals surface area contributed by atoms with Gasteiger partial charge in [-0.25, -0.2) is 4.98 Å². The van der Waals surface area contributed by atoms with Crippen LogP contribution in [-0.4, -0.2) is 51.2 Å². The van der Waals surface area contributed by atoms with Crippen molar-refractivity contribution in [2.45, 2.75) is 18.9 Å². The molecule has 4 heterocycles. The Balaban J connectivity index is 1.40. The minimum absolute atomic E-state index is 0.105. The van der Waals surface area contributed by atoms with Gasteiger partial charge in [-0.2, -0.15) is 0 Å². The van der Waals surface area contributed by atoms with Crippen molar-refractivity contribution < 1.29 is 14.3 Å². The second-order valence-electron chi connectivity index (χ2n) is 7.92. The first-order valence-electron chi connectivity index (χ1n) is 10.4. The number of pyridine rings is 1. The van der Waals surface area contributed by atoms with E-state index in [0.717, 1.165) is 0 Å². The van der Waals surface area contributed by atoms with Gasteiger partial charge in [0, 0.05) is 37.9 Å². The number of nitrogens with zero attached hydrogens (tertiary/aromatic N) is 4. The van der Waals surface area contributed by atoms with Crippen LogP contribution in [0.4, 0.5) is 0 Å². The monoisotopic (exact) mass is 456 g/mol. The molecule has 0 unspecified atom stereocenters. The van der Waals surface area contributed by atoms with Gasteiger partial charge >= 0.3 is 11.1 Å². The number of piperidine rings is 1. The molecule has 2 aliphatic heterocycles. The third-order valence-corrected chi connectivity index (χ3v) is 6.22. The Bertz CT molecular complexity index is 1340. The van der Waals surface area contributed by atoms with E-state index in [9.17, 15) is 14.4 Å². The number of benzene rings is 1. The number of carbonyl (C=O) groups excluding carboxylic acids is 1. The van der Waals surface area contributed by atoms with Gasteiger partial charge in [-0.05, 0) is 37.1 Å². The number of aromatic nitrogens is 3. The smallest absolute Gasteiger partial charge is 0.318 e. The van der Waals surface area contributed by atoms with Crippen LogP contribution in [0, 0.1) is 0 Å². The first kappa shape index (κ1) is 20.6. The van der Waals surface area contributed by atoms with Gasteiger partial charge in [0.2, 0.25) is 0 Å². The van der Waals surface area contributed by atoms with Crippen molar-refractivity contribution in [3.05, 3.63) is 61.8 Å². The SMILES string of the molecule is Cn1c(=O)c(=O)n(C2CCN(C(=O)c3ccc4c(c3)OCCO4)CC2)c2ncc(Cl)cc21. The van der Waals surface area contributed by atoms with Gasteiger partial charge in [-0.3, -0.25) is 19.0 Å². The number of amides is 1. The van der Waals surface area contributed by atoms with E-state index in [1.54, 1.807) is 29.2 Å². The Labute approximate surface area is 187 Å². The summed E-state index contributed by atoms with van der Waals surface area (Å²) < 4.78 is 13.8. The average Bonchev–Trinajstić information content (AvgIpc) is 2.83. The Morgan fingerprint density at radius 3 is 2.53 bits per heavy atom. The lowest BCUT2D eigenvalue weighted by Gasteiger charge is -2.33. The summed E-state index contributed by atoms with van der Waals surface area (Å²) in [4.78, 5) is 44.4. The number of hydrogen-bond donors (Lipinski definition) is 0. The van der Waals surface area contributed by atoms with Crippen molar-refractivity contribution in [1.82, 2.24) is 19.0 Å².